The Morgan fingerprint density at radius 1 is 1.62 bits per heavy atom. The molecule has 0 aromatic heterocycles. The average Bonchev–Trinajstić information content (AvgIpc) is 2.10. The zero-order valence-corrected chi connectivity index (χ0v) is 7.66. The second-order valence-corrected chi connectivity index (χ2v) is 2.96. The summed E-state index contributed by atoms with van der Waals surface area (Å²) in [5.74, 6) is -0.987. The molecule has 0 aromatic rings. The zero-order chi connectivity index (χ0) is 10.0. The molecule has 0 aromatic carbocycles. The monoisotopic (exact) mass is 184 g/mol. The van der Waals surface area contributed by atoms with Crippen LogP contribution in [0.15, 0.2) is 0 Å². The fourth-order valence-electron chi connectivity index (χ4n) is 1.22. The van der Waals surface area contributed by atoms with Crippen LogP contribution >= 0.6 is 0 Å². The maximum Gasteiger partial charge on any atom is 0.249 e. The second kappa shape index (κ2) is 3.55. The Kier molecular flexibility index (Phi) is 2.65. The van der Waals surface area contributed by atoms with Crippen molar-refractivity contribution >= 4 is 17.7 Å². The first kappa shape index (κ1) is 9.70. The van der Waals surface area contributed by atoms with E-state index < -0.39 is 17.9 Å². The fraction of sp³-hybridized carbons (Fsp3) is 0.625. The topological polar surface area (TPSA) is 66.5 Å². The number of hydrogen-bond acceptors (Lipinski definition) is 3. The van der Waals surface area contributed by atoms with Crippen LogP contribution < -0.4 is 5.32 Å². The Bertz CT molecular complexity index is 262. The minimum absolute atomic E-state index is 0.0143. The van der Waals surface area contributed by atoms with E-state index in [1.54, 1.807) is 13.8 Å². The molecule has 0 saturated carbocycles. The van der Waals surface area contributed by atoms with Gasteiger partial charge < -0.3 is 4.90 Å². The molecule has 3 amide bonds. The molecule has 1 atom stereocenters. The molecular weight excluding hydrogens is 172 g/mol. The van der Waals surface area contributed by atoms with Gasteiger partial charge in [0.05, 0.1) is 0 Å². The summed E-state index contributed by atoms with van der Waals surface area (Å²) in [5, 5.41) is 2.17. The number of carbonyl (C=O) groups is 3. The van der Waals surface area contributed by atoms with Crippen LogP contribution in [-0.2, 0) is 14.4 Å². The summed E-state index contributed by atoms with van der Waals surface area (Å²) in [6.45, 7) is 3.29. The Labute approximate surface area is 76.1 Å². The van der Waals surface area contributed by atoms with Gasteiger partial charge in [0.2, 0.25) is 17.7 Å². The van der Waals surface area contributed by atoms with Gasteiger partial charge in [-0.15, -0.1) is 0 Å². The van der Waals surface area contributed by atoms with Crippen LogP contribution in [0.1, 0.15) is 20.3 Å². The highest BCUT2D eigenvalue weighted by Crippen LogP contribution is 2.06. The quantitative estimate of drug-likeness (QED) is 0.546. The van der Waals surface area contributed by atoms with E-state index in [1.165, 1.54) is 4.90 Å². The SMILES string of the molecule is CCC(=O)N1CC(=O)NC(=O)C1C. The molecule has 1 rings (SSSR count). The van der Waals surface area contributed by atoms with Gasteiger partial charge in [-0.2, -0.15) is 0 Å². The lowest BCUT2D eigenvalue weighted by Gasteiger charge is -2.31. The van der Waals surface area contributed by atoms with Crippen LogP contribution in [-0.4, -0.2) is 35.2 Å². The highest BCUT2D eigenvalue weighted by atomic mass is 16.2. The lowest BCUT2D eigenvalue weighted by Crippen LogP contribution is -2.58. The van der Waals surface area contributed by atoms with Gasteiger partial charge in [0.25, 0.3) is 0 Å². The molecule has 1 aliphatic heterocycles. The number of carbonyl (C=O) groups excluding carboxylic acids is 3. The Balaban J connectivity index is 2.77. The molecule has 0 aliphatic carbocycles. The number of hydrogen-bond donors (Lipinski definition) is 1. The maximum atomic E-state index is 11.3. The summed E-state index contributed by atoms with van der Waals surface area (Å²) in [5.41, 5.74) is 0. The first-order chi connectivity index (χ1) is 6.06. The molecule has 0 bridgehead atoms. The predicted octanol–water partition coefficient (Wildman–Crippen LogP) is -0.730. The van der Waals surface area contributed by atoms with Gasteiger partial charge in [0.1, 0.15) is 12.6 Å². The molecule has 5 heteroatoms. The molecule has 5 nitrogen and oxygen atoms in total. The Hall–Kier alpha value is -1.39. The van der Waals surface area contributed by atoms with Gasteiger partial charge in [0.15, 0.2) is 0 Å². The molecular formula is C8H12N2O3. The van der Waals surface area contributed by atoms with Crippen LogP contribution in [0.2, 0.25) is 0 Å². The number of amides is 3. The van der Waals surface area contributed by atoms with Gasteiger partial charge in [-0.05, 0) is 6.92 Å². The standard InChI is InChI=1S/C8H12N2O3/c1-3-7(12)10-4-6(11)9-8(13)5(10)2/h5H,3-4H2,1-2H3,(H,9,11,13). The predicted molar refractivity (Wildman–Crippen MR) is 44.6 cm³/mol. The van der Waals surface area contributed by atoms with Crippen molar-refractivity contribution in [1.82, 2.24) is 10.2 Å². The van der Waals surface area contributed by atoms with Crippen molar-refractivity contribution in [3.05, 3.63) is 0 Å². The van der Waals surface area contributed by atoms with E-state index in [9.17, 15) is 14.4 Å². The summed E-state index contributed by atoms with van der Waals surface area (Å²) < 4.78 is 0. The minimum Gasteiger partial charge on any atom is -0.322 e. The third-order valence-corrected chi connectivity index (χ3v) is 2.05. The van der Waals surface area contributed by atoms with E-state index in [4.69, 9.17) is 0 Å². The lowest BCUT2D eigenvalue weighted by molar-refractivity contribution is -0.149. The van der Waals surface area contributed by atoms with Crippen molar-refractivity contribution in [2.75, 3.05) is 6.54 Å². The van der Waals surface area contributed by atoms with Crippen LogP contribution in [0.25, 0.3) is 0 Å². The van der Waals surface area contributed by atoms with E-state index >= 15 is 0 Å². The molecule has 72 valence electrons. The largest absolute Gasteiger partial charge is 0.322 e. The van der Waals surface area contributed by atoms with E-state index in [2.05, 4.69) is 5.32 Å². The van der Waals surface area contributed by atoms with Gasteiger partial charge in [0, 0.05) is 6.42 Å². The second-order valence-electron chi connectivity index (χ2n) is 2.96. The zero-order valence-electron chi connectivity index (χ0n) is 7.66. The van der Waals surface area contributed by atoms with Crippen molar-refractivity contribution in [1.29, 1.82) is 0 Å². The Morgan fingerprint density at radius 3 is 2.77 bits per heavy atom. The number of piperazine rings is 1. The third kappa shape index (κ3) is 1.85. The van der Waals surface area contributed by atoms with Crippen molar-refractivity contribution in [2.24, 2.45) is 0 Å². The average molecular weight is 184 g/mol. The van der Waals surface area contributed by atoms with Crippen LogP contribution in [0.5, 0.6) is 0 Å². The molecule has 13 heavy (non-hydrogen) atoms. The van der Waals surface area contributed by atoms with Gasteiger partial charge in [-0.3, -0.25) is 19.7 Å². The van der Waals surface area contributed by atoms with Crippen LogP contribution in [0.4, 0.5) is 0 Å². The summed E-state index contributed by atoms with van der Waals surface area (Å²) in [6.07, 6.45) is 0.310. The summed E-state index contributed by atoms with van der Waals surface area (Å²) >= 11 is 0. The summed E-state index contributed by atoms with van der Waals surface area (Å²) in [6, 6.07) is -0.537. The normalized spacial score (nSPS) is 22.9. The van der Waals surface area contributed by atoms with E-state index in [1.807, 2.05) is 0 Å². The van der Waals surface area contributed by atoms with Crippen molar-refractivity contribution in [3.63, 3.8) is 0 Å². The molecule has 1 N–H and O–H groups in total. The van der Waals surface area contributed by atoms with E-state index in [0.717, 1.165) is 0 Å². The molecule has 1 fully saturated rings. The number of nitrogens with zero attached hydrogens (tertiary/aromatic N) is 1. The van der Waals surface area contributed by atoms with Crippen LogP contribution in [0.3, 0.4) is 0 Å². The van der Waals surface area contributed by atoms with Crippen molar-refractivity contribution in [2.45, 2.75) is 26.3 Å². The van der Waals surface area contributed by atoms with E-state index in [-0.39, 0.29) is 12.5 Å². The first-order valence-electron chi connectivity index (χ1n) is 4.19. The van der Waals surface area contributed by atoms with Crippen molar-refractivity contribution < 1.29 is 14.4 Å². The van der Waals surface area contributed by atoms with Crippen LogP contribution in [0, 0.1) is 0 Å². The van der Waals surface area contributed by atoms with Crippen molar-refractivity contribution in [3.8, 4) is 0 Å². The fourth-order valence-corrected chi connectivity index (χ4v) is 1.22. The highest BCUT2D eigenvalue weighted by Gasteiger charge is 2.32. The molecule has 1 saturated heterocycles. The molecule has 0 radical (unpaired) electrons. The third-order valence-electron chi connectivity index (χ3n) is 2.05. The lowest BCUT2D eigenvalue weighted by atomic mass is 10.2. The molecule has 1 heterocycles. The number of nitrogens with one attached hydrogen (secondary N) is 1. The Morgan fingerprint density at radius 2 is 2.23 bits per heavy atom. The maximum absolute atomic E-state index is 11.3. The van der Waals surface area contributed by atoms with Gasteiger partial charge >= 0.3 is 0 Å². The molecule has 1 aliphatic rings. The number of imide groups is 1. The van der Waals surface area contributed by atoms with Gasteiger partial charge in [-0.25, -0.2) is 0 Å². The first-order valence-corrected chi connectivity index (χ1v) is 4.19. The smallest absolute Gasteiger partial charge is 0.249 e. The molecule has 0 spiro atoms. The highest BCUT2D eigenvalue weighted by molar-refractivity contribution is 6.03. The molecule has 1 unspecified atom stereocenters. The van der Waals surface area contributed by atoms with Gasteiger partial charge in [-0.1, -0.05) is 6.92 Å². The number of rotatable bonds is 1. The minimum atomic E-state index is -0.537. The van der Waals surface area contributed by atoms with E-state index in [0.29, 0.717) is 6.42 Å². The summed E-state index contributed by atoms with van der Waals surface area (Å²) in [4.78, 5) is 34.6. The summed E-state index contributed by atoms with van der Waals surface area (Å²) in [7, 11) is 0.